The first kappa shape index (κ1) is 16.2. The summed E-state index contributed by atoms with van der Waals surface area (Å²) in [6.07, 6.45) is 3.35. The fraction of sp³-hybridized carbons (Fsp3) is 0.0588. The van der Waals surface area contributed by atoms with Gasteiger partial charge >= 0.3 is 5.69 Å². The number of carbonyl (C=O) groups excluding carboxylic acids is 1. The van der Waals surface area contributed by atoms with Crippen molar-refractivity contribution in [3.63, 3.8) is 0 Å². The minimum atomic E-state index is -0.758. The van der Waals surface area contributed by atoms with E-state index in [2.05, 4.69) is 10.5 Å². The van der Waals surface area contributed by atoms with Crippen LogP contribution in [0.3, 0.4) is 0 Å². The van der Waals surface area contributed by atoms with Gasteiger partial charge in [-0.1, -0.05) is 24.3 Å². The van der Waals surface area contributed by atoms with E-state index in [9.17, 15) is 20.0 Å². The molecule has 0 bridgehead atoms. The summed E-state index contributed by atoms with van der Waals surface area (Å²) in [5.41, 5.74) is 3.34. The van der Waals surface area contributed by atoms with Crippen LogP contribution in [0.25, 0.3) is 10.9 Å². The van der Waals surface area contributed by atoms with Gasteiger partial charge in [0.1, 0.15) is 0 Å². The van der Waals surface area contributed by atoms with Crippen molar-refractivity contribution in [2.45, 2.75) is 0 Å². The van der Waals surface area contributed by atoms with E-state index in [-0.39, 0.29) is 5.56 Å². The molecule has 8 nitrogen and oxygen atoms in total. The number of rotatable bonds is 4. The highest BCUT2D eigenvalue weighted by molar-refractivity contribution is 6.01. The molecular weight excluding hydrogens is 324 g/mol. The van der Waals surface area contributed by atoms with Crippen LogP contribution in [0.1, 0.15) is 15.9 Å². The normalized spacial score (nSPS) is 11.1. The van der Waals surface area contributed by atoms with Crippen LogP contribution >= 0.6 is 0 Å². The number of nitrogens with one attached hydrogen (secondary N) is 1. The van der Waals surface area contributed by atoms with E-state index in [1.807, 2.05) is 42.1 Å². The van der Waals surface area contributed by atoms with Crippen molar-refractivity contribution in [3.05, 3.63) is 69.9 Å². The number of hydrogen-bond donors (Lipinski definition) is 2. The second-order valence-electron chi connectivity index (χ2n) is 5.34. The predicted octanol–water partition coefficient (Wildman–Crippen LogP) is 2.56. The highest BCUT2D eigenvalue weighted by Crippen LogP contribution is 2.29. The number of para-hydroxylation sites is 2. The quantitative estimate of drug-likeness (QED) is 0.433. The summed E-state index contributed by atoms with van der Waals surface area (Å²) in [7, 11) is 1.90. The summed E-state index contributed by atoms with van der Waals surface area (Å²) in [4.78, 5) is 22.1. The Morgan fingerprint density at radius 1 is 1.28 bits per heavy atom. The Morgan fingerprint density at radius 3 is 2.80 bits per heavy atom. The van der Waals surface area contributed by atoms with Crippen LogP contribution in [0.15, 0.2) is 53.8 Å². The standard InChI is InChI=1S/C17H14N4O4/c1-20-10-11(12-5-2-3-7-14(12)20)9-18-19-17(23)13-6-4-8-15(16(13)22)21(24)25/h2-10,22H,1H3,(H,19,23)/b18-9-. The van der Waals surface area contributed by atoms with Gasteiger partial charge in [0.15, 0.2) is 0 Å². The number of aromatic nitrogens is 1. The van der Waals surface area contributed by atoms with Crippen molar-refractivity contribution in [2.75, 3.05) is 0 Å². The number of hydrogen-bond acceptors (Lipinski definition) is 5. The van der Waals surface area contributed by atoms with Crippen molar-refractivity contribution < 1.29 is 14.8 Å². The summed E-state index contributed by atoms with van der Waals surface area (Å²) in [6.45, 7) is 0. The first-order valence-corrected chi connectivity index (χ1v) is 7.33. The lowest BCUT2D eigenvalue weighted by atomic mass is 10.1. The third kappa shape index (κ3) is 3.05. The van der Waals surface area contributed by atoms with Gasteiger partial charge in [-0.05, 0) is 12.1 Å². The number of aromatic hydroxyl groups is 1. The summed E-state index contributed by atoms with van der Waals surface area (Å²) >= 11 is 0. The van der Waals surface area contributed by atoms with Gasteiger partial charge in [0.25, 0.3) is 5.91 Å². The molecule has 0 spiro atoms. The Labute approximate surface area is 142 Å². The van der Waals surface area contributed by atoms with E-state index in [1.54, 1.807) is 0 Å². The summed E-state index contributed by atoms with van der Waals surface area (Å²) in [5.74, 6) is -1.43. The molecule has 0 fully saturated rings. The van der Waals surface area contributed by atoms with Crippen LogP contribution in [-0.2, 0) is 7.05 Å². The lowest BCUT2D eigenvalue weighted by Gasteiger charge is -2.03. The third-order valence-electron chi connectivity index (χ3n) is 3.75. The van der Waals surface area contributed by atoms with Crippen molar-refractivity contribution in [1.29, 1.82) is 0 Å². The van der Waals surface area contributed by atoms with Crippen LogP contribution in [0.2, 0.25) is 0 Å². The smallest absolute Gasteiger partial charge is 0.311 e. The maximum atomic E-state index is 12.1. The fourth-order valence-electron chi connectivity index (χ4n) is 2.56. The number of benzene rings is 2. The van der Waals surface area contributed by atoms with E-state index in [4.69, 9.17) is 0 Å². The molecule has 2 N–H and O–H groups in total. The van der Waals surface area contributed by atoms with Gasteiger partial charge in [-0.2, -0.15) is 5.10 Å². The Hall–Kier alpha value is -3.68. The van der Waals surface area contributed by atoms with Crippen LogP contribution in [0, 0.1) is 10.1 Å². The van der Waals surface area contributed by atoms with Crippen molar-refractivity contribution in [2.24, 2.45) is 12.1 Å². The van der Waals surface area contributed by atoms with Crippen LogP contribution in [0.5, 0.6) is 5.75 Å². The predicted molar refractivity (Wildman–Crippen MR) is 92.7 cm³/mol. The molecule has 1 aromatic heterocycles. The zero-order valence-corrected chi connectivity index (χ0v) is 13.2. The Bertz CT molecular complexity index is 1010. The van der Waals surface area contributed by atoms with Gasteiger partial charge in [0.2, 0.25) is 5.75 Å². The number of nitro benzene ring substituents is 1. The van der Waals surface area contributed by atoms with Crippen molar-refractivity contribution in [1.82, 2.24) is 9.99 Å². The number of amides is 1. The molecule has 2 aromatic carbocycles. The maximum Gasteiger partial charge on any atom is 0.311 e. The molecular formula is C17H14N4O4. The molecule has 3 rings (SSSR count). The third-order valence-corrected chi connectivity index (χ3v) is 3.75. The first-order chi connectivity index (χ1) is 12.0. The highest BCUT2D eigenvalue weighted by atomic mass is 16.6. The zero-order valence-electron chi connectivity index (χ0n) is 13.2. The fourth-order valence-corrected chi connectivity index (χ4v) is 2.56. The summed E-state index contributed by atoms with van der Waals surface area (Å²) < 4.78 is 1.94. The molecule has 1 heterocycles. The Morgan fingerprint density at radius 2 is 2.04 bits per heavy atom. The number of hydrazone groups is 1. The molecule has 3 aromatic rings. The van der Waals surface area contributed by atoms with E-state index >= 15 is 0 Å². The number of nitrogens with zero attached hydrogens (tertiary/aromatic N) is 3. The highest BCUT2D eigenvalue weighted by Gasteiger charge is 2.20. The summed E-state index contributed by atoms with van der Waals surface area (Å²) in [5, 5.41) is 25.5. The minimum absolute atomic E-state index is 0.218. The molecule has 0 aliphatic rings. The number of nitro groups is 1. The molecule has 0 atom stereocenters. The van der Waals surface area contributed by atoms with Gasteiger partial charge in [-0.25, -0.2) is 5.43 Å². The second-order valence-corrected chi connectivity index (χ2v) is 5.34. The Kier molecular flexibility index (Phi) is 4.17. The SMILES string of the molecule is Cn1cc(/C=N\NC(=O)c2cccc([N+](=O)[O-])c2O)c2ccccc21. The van der Waals surface area contributed by atoms with Crippen molar-refractivity contribution in [3.8, 4) is 5.75 Å². The first-order valence-electron chi connectivity index (χ1n) is 7.33. The van der Waals surface area contributed by atoms with Gasteiger partial charge < -0.3 is 9.67 Å². The van der Waals surface area contributed by atoms with Crippen LogP contribution in [-0.4, -0.2) is 26.7 Å². The van der Waals surface area contributed by atoms with E-state index in [0.29, 0.717) is 0 Å². The van der Waals surface area contributed by atoms with Crippen LogP contribution in [0.4, 0.5) is 5.69 Å². The van der Waals surface area contributed by atoms with E-state index in [0.717, 1.165) is 22.5 Å². The van der Waals surface area contributed by atoms with Gasteiger partial charge in [0, 0.05) is 35.8 Å². The molecule has 8 heteroatoms. The Balaban J connectivity index is 1.82. The number of phenolic OH excluding ortho intramolecular Hbond substituents is 1. The molecule has 0 radical (unpaired) electrons. The van der Waals surface area contributed by atoms with Gasteiger partial charge in [-0.3, -0.25) is 14.9 Å². The molecule has 25 heavy (non-hydrogen) atoms. The molecule has 0 saturated heterocycles. The monoisotopic (exact) mass is 338 g/mol. The molecule has 0 saturated carbocycles. The van der Waals surface area contributed by atoms with E-state index in [1.165, 1.54) is 18.3 Å². The topological polar surface area (TPSA) is 110 Å². The van der Waals surface area contributed by atoms with Crippen LogP contribution < -0.4 is 5.43 Å². The summed E-state index contributed by atoms with van der Waals surface area (Å²) in [6, 6.07) is 11.4. The van der Waals surface area contributed by atoms with Crippen molar-refractivity contribution >= 4 is 28.7 Å². The average Bonchev–Trinajstić information content (AvgIpc) is 2.91. The lowest BCUT2D eigenvalue weighted by Crippen LogP contribution is -2.18. The largest absolute Gasteiger partial charge is 0.502 e. The number of phenols is 1. The maximum absolute atomic E-state index is 12.1. The molecule has 0 aliphatic heterocycles. The number of aryl methyl sites for hydroxylation is 1. The van der Waals surface area contributed by atoms with Gasteiger partial charge in [-0.15, -0.1) is 0 Å². The lowest BCUT2D eigenvalue weighted by molar-refractivity contribution is -0.385. The molecule has 0 aliphatic carbocycles. The number of fused-ring (bicyclic) bond motifs is 1. The number of carbonyl (C=O) groups is 1. The second kappa shape index (κ2) is 6.44. The molecule has 126 valence electrons. The average molecular weight is 338 g/mol. The minimum Gasteiger partial charge on any atom is -0.502 e. The molecule has 1 amide bonds. The van der Waals surface area contributed by atoms with E-state index < -0.39 is 22.3 Å². The molecule has 0 unspecified atom stereocenters. The van der Waals surface area contributed by atoms with Gasteiger partial charge in [0.05, 0.1) is 16.7 Å². The zero-order chi connectivity index (χ0) is 18.0.